The maximum absolute atomic E-state index is 12.6. The number of esters is 1. The Morgan fingerprint density at radius 3 is 2.48 bits per heavy atom. The predicted octanol–water partition coefficient (Wildman–Crippen LogP) is 6.31. The third-order valence-corrected chi connectivity index (χ3v) is 7.43. The quantitative estimate of drug-likeness (QED) is 0.532. The summed E-state index contributed by atoms with van der Waals surface area (Å²) in [7, 11) is 1.39. The van der Waals surface area contributed by atoms with E-state index < -0.39 is 5.97 Å². The third-order valence-electron chi connectivity index (χ3n) is 6.61. The van der Waals surface area contributed by atoms with Crippen molar-refractivity contribution in [3.05, 3.63) is 45.6 Å². The summed E-state index contributed by atoms with van der Waals surface area (Å²) >= 11 is 12.6. The van der Waals surface area contributed by atoms with Crippen LogP contribution in [-0.2, 0) is 4.74 Å². The first kappa shape index (κ1) is 20.5. The second kappa shape index (κ2) is 8.16. The molecule has 0 unspecified atom stereocenters. The molecule has 1 saturated carbocycles. The number of aryl methyl sites for hydroxylation is 1. The maximum atomic E-state index is 12.6. The minimum absolute atomic E-state index is 0.339. The van der Waals surface area contributed by atoms with Crippen LogP contribution >= 0.6 is 23.2 Å². The molecule has 2 aliphatic rings. The van der Waals surface area contributed by atoms with Crippen molar-refractivity contribution in [2.75, 3.05) is 25.1 Å². The van der Waals surface area contributed by atoms with Gasteiger partial charge in [-0.3, -0.25) is 0 Å². The summed E-state index contributed by atoms with van der Waals surface area (Å²) in [5.41, 5.74) is 4.04. The lowest BCUT2D eigenvalue weighted by Crippen LogP contribution is -2.39. The van der Waals surface area contributed by atoms with Gasteiger partial charge < -0.3 is 9.64 Å². The number of ether oxygens (including phenoxy) is 1. The van der Waals surface area contributed by atoms with Crippen LogP contribution in [0.15, 0.2) is 24.3 Å². The third kappa shape index (κ3) is 3.85. The number of anilines is 1. The van der Waals surface area contributed by atoms with Gasteiger partial charge in [-0.1, -0.05) is 48.2 Å². The Morgan fingerprint density at radius 1 is 1.14 bits per heavy atom. The van der Waals surface area contributed by atoms with Crippen molar-refractivity contribution in [2.45, 2.75) is 45.4 Å². The van der Waals surface area contributed by atoms with E-state index in [1.54, 1.807) is 6.07 Å². The standard InChI is InChI=1S/C23H26Cl2N2O2/c1-15-14-18(27-12-10-23(11-13-27)8-3-4-9-23)21(22(28)29-2)26-20(15)16-6-5-7-17(24)19(16)25/h5-7,14H,3-4,8-13H2,1-2H3. The smallest absolute Gasteiger partial charge is 0.358 e. The zero-order chi connectivity index (χ0) is 20.6. The van der Waals surface area contributed by atoms with Gasteiger partial charge in [-0.25, -0.2) is 9.78 Å². The highest BCUT2D eigenvalue weighted by atomic mass is 35.5. The van der Waals surface area contributed by atoms with Crippen molar-refractivity contribution < 1.29 is 9.53 Å². The van der Waals surface area contributed by atoms with Gasteiger partial charge in [0, 0.05) is 18.7 Å². The lowest BCUT2D eigenvalue weighted by molar-refractivity contribution is 0.0594. The Morgan fingerprint density at radius 2 is 1.83 bits per heavy atom. The molecule has 1 aromatic heterocycles. The molecule has 1 aromatic carbocycles. The summed E-state index contributed by atoms with van der Waals surface area (Å²) < 4.78 is 5.06. The van der Waals surface area contributed by atoms with Gasteiger partial charge in [0.1, 0.15) is 0 Å². The molecule has 2 aromatic rings. The maximum Gasteiger partial charge on any atom is 0.358 e. The van der Waals surface area contributed by atoms with Crippen molar-refractivity contribution in [3.63, 3.8) is 0 Å². The number of halogens is 2. The molecule has 0 atom stereocenters. The van der Waals surface area contributed by atoms with Gasteiger partial charge in [0.05, 0.1) is 28.5 Å². The number of rotatable bonds is 3. The van der Waals surface area contributed by atoms with Crippen LogP contribution in [0.3, 0.4) is 0 Å². The number of carbonyl (C=O) groups is 1. The Labute approximate surface area is 182 Å². The van der Waals surface area contributed by atoms with E-state index in [9.17, 15) is 4.79 Å². The van der Waals surface area contributed by atoms with Gasteiger partial charge in [0.2, 0.25) is 0 Å². The molecule has 1 spiro atoms. The largest absolute Gasteiger partial charge is 0.464 e. The molecule has 6 heteroatoms. The zero-order valence-electron chi connectivity index (χ0n) is 16.9. The summed E-state index contributed by atoms with van der Waals surface area (Å²) in [4.78, 5) is 19.6. The average molecular weight is 433 g/mol. The van der Waals surface area contributed by atoms with E-state index in [0.717, 1.165) is 29.9 Å². The Bertz CT molecular complexity index is 929. The lowest BCUT2D eigenvalue weighted by atomic mass is 9.77. The molecular formula is C23H26Cl2N2O2. The number of carbonyl (C=O) groups excluding carboxylic acids is 1. The van der Waals surface area contributed by atoms with E-state index in [-0.39, 0.29) is 0 Å². The number of benzene rings is 1. The van der Waals surface area contributed by atoms with Gasteiger partial charge in [-0.2, -0.15) is 0 Å². The Kier molecular flexibility index (Phi) is 5.76. The van der Waals surface area contributed by atoms with E-state index in [1.807, 2.05) is 25.1 Å². The van der Waals surface area contributed by atoms with Crippen LogP contribution in [-0.4, -0.2) is 31.2 Å². The molecule has 1 saturated heterocycles. The number of hydrogen-bond donors (Lipinski definition) is 0. The molecule has 29 heavy (non-hydrogen) atoms. The highest BCUT2D eigenvalue weighted by Crippen LogP contribution is 2.47. The molecule has 0 N–H and O–H groups in total. The van der Waals surface area contributed by atoms with E-state index in [1.165, 1.54) is 45.6 Å². The molecule has 4 rings (SSSR count). The van der Waals surface area contributed by atoms with Gasteiger partial charge in [0.25, 0.3) is 0 Å². The van der Waals surface area contributed by atoms with Crippen molar-refractivity contribution in [1.82, 2.24) is 4.98 Å². The van der Waals surface area contributed by atoms with Crippen LogP contribution in [0.5, 0.6) is 0 Å². The van der Waals surface area contributed by atoms with Gasteiger partial charge in [-0.05, 0) is 55.7 Å². The highest BCUT2D eigenvalue weighted by molar-refractivity contribution is 6.43. The first-order chi connectivity index (χ1) is 13.9. The number of methoxy groups -OCH3 is 1. The minimum atomic E-state index is -0.430. The predicted molar refractivity (Wildman–Crippen MR) is 118 cm³/mol. The monoisotopic (exact) mass is 432 g/mol. The molecule has 2 fully saturated rings. The molecule has 1 aliphatic heterocycles. The summed E-state index contributed by atoms with van der Waals surface area (Å²) in [6.45, 7) is 3.89. The van der Waals surface area contributed by atoms with E-state index in [0.29, 0.717) is 26.8 Å². The van der Waals surface area contributed by atoms with E-state index in [2.05, 4.69) is 4.90 Å². The van der Waals surface area contributed by atoms with Crippen LogP contribution in [0.2, 0.25) is 10.0 Å². The minimum Gasteiger partial charge on any atom is -0.464 e. The van der Waals surface area contributed by atoms with Gasteiger partial charge in [0.15, 0.2) is 5.69 Å². The molecule has 0 amide bonds. The number of nitrogens with zero attached hydrogens (tertiary/aromatic N) is 2. The second-order valence-corrected chi connectivity index (χ2v) is 9.09. The SMILES string of the molecule is COC(=O)c1nc(-c2cccc(Cl)c2Cl)c(C)cc1N1CCC2(CCCC2)CC1. The molecule has 4 nitrogen and oxygen atoms in total. The van der Waals surface area contributed by atoms with Gasteiger partial charge in [-0.15, -0.1) is 0 Å². The van der Waals surface area contributed by atoms with Crippen LogP contribution in [0, 0.1) is 12.3 Å². The molecule has 0 radical (unpaired) electrons. The van der Waals surface area contributed by atoms with Crippen molar-refractivity contribution in [2.24, 2.45) is 5.41 Å². The van der Waals surface area contributed by atoms with Crippen molar-refractivity contribution >= 4 is 34.9 Å². The molecule has 154 valence electrons. The Hall–Kier alpha value is -1.78. The number of aromatic nitrogens is 1. The zero-order valence-corrected chi connectivity index (χ0v) is 18.4. The Balaban J connectivity index is 1.72. The molecule has 0 bridgehead atoms. The summed E-state index contributed by atoms with van der Waals surface area (Å²) in [6.07, 6.45) is 7.73. The van der Waals surface area contributed by atoms with Crippen LogP contribution < -0.4 is 4.90 Å². The lowest BCUT2D eigenvalue weighted by Gasteiger charge is -2.41. The highest BCUT2D eigenvalue weighted by Gasteiger charge is 2.38. The fourth-order valence-corrected chi connectivity index (χ4v) is 5.28. The first-order valence-electron chi connectivity index (χ1n) is 10.2. The van der Waals surface area contributed by atoms with Crippen LogP contribution in [0.4, 0.5) is 5.69 Å². The fourth-order valence-electron chi connectivity index (χ4n) is 4.89. The number of hydrogen-bond acceptors (Lipinski definition) is 4. The normalized spacial score (nSPS) is 18.3. The number of piperidine rings is 1. The van der Waals surface area contributed by atoms with E-state index >= 15 is 0 Å². The molecule has 1 aliphatic carbocycles. The van der Waals surface area contributed by atoms with Gasteiger partial charge >= 0.3 is 5.97 Å². The van der Waals surface area contributed by atoms with Crippen molar-refractivity contribution in [1.29, 1.82) is 0 Å². The second-order valence-electron chi connectivity index (χ2n) is 8.31. The average Bonchev–Trinajstić information content (AvgIpc) is 3.18. The van der Waals surface area contributed by atoms with Crippen LogP contribution in [0.25, 0.3) is 11.3 Å². The topological polar surface area (TPSA) is 42.4 Å². The van der Waals surface area contributed by atoms with Crippen molar-refractivity contribution in [3.8, 4) is 11.3 Å². The van der Waals surface area contributed by atoms with Crippen LogP contribution in [0.1, 0.15) is 54.6 Å². The first-order valence-corrected chi connectivity index (χ1v) is 11.0. The molecular weight excluding hydrogens is 407 g/mol. The fraction of sp³-hybridized carbons (Fsp3) is 0.478. The molecule has 2 heterocycles. The number of pyridine rings is 1. The summed E-state index contributed by atoms with van der Waals surface area (Å²) in [6, 6.07) is 7.49. The van der Waals surface area contributed by atoms with E-state index in [4.69, 9.17) is 32.9 Å². The summed E-state index contributed by atoms with van der Waals surface area (Å²) in [5, 5.41) is 0.904. The summed E-state index contributed by atoms with van der Waals surface area (Å²) in [5.74, 6) is -0.430.